The molecule has 21 heavy (non-hydrogen) atoms. The summed E-state index contributed by atoms with van der Waals surface area (Å²) in [4.78, 5) is 20.8. The number of phenols is 1. The first kappa shape index (κ1) is 14.3. The molecule has 2 aromatic rings. The van der Waals surface area contributed by atoms with E-state index in [9.17, 15) is 9.90 Å². The highest BCUT2D eigenvalue weighted by Gasteiger charge is 2.44. The first-order valence-corrected chi connectivity index (χ1v) is 7.98. The van der Waals surface area contributed by atoms with Gasteiger partial charge in [0.1, 0.15) is 15.8 Å². The molecule has 0 unspecified atom stereocenters. The van der Waals surface area contributed by atoms with Crippen LogP contribution in [-0.2, 0) is 9.53 Å². The van der Waals surface area contributed by atoms with E-state index in [1.807, 2.05) is 13.8 Å². The summed E-state index contributed by atoms with van der Waals surface area (Å²) in [5, 5.41) is 11.0. The van der Waals surface area contributed by atoms with E-state index in [-0.39, 0.29) is 16.5 Å². The Hall–Kier alpha value is -1.60. The molecule has 110 valence electrons. The van der Waals surface area contributed by atoms with Crippen LogP contribution < -0.4 is 0 Å². The number of hydrogen-bond donors (Lipinski definition) is 1. The molecule has 1 N–H and O–H groups in total. The molecule has 0 saturated heterocycles. The van der Waals surface area contributed by atoms with Gasteiger partial charge in [-0.2, -0.15) is 0 Å². The van der Waals surface area contributed by atoms with Gasteiger partial charge in [-0.15, -0.1) is 11.3 Å². The minimum atomic E-state index is -0.525. The third-order valence-electron chi connectivity index (χ3n) is 3.24. The van der Waals surface area contributed by atoms with Crippen molar-refractivity contribution < 1.29 is 14.6 Å². The first-order chi connectivity index (χ1) is 9.90. The molecule has 0 aliphatic carbocycles. The van der Waals surface area contributed by atoms with Gasteiger partial charge in [-0.05, 0) is 32.0 Å². The highest BCUT2D eigenvalue weighted by molar-refractivity contribution is 8.16. The standard InChI is InChI=1S/C14H14N2O3S2/c1-14(2)10(13(18)19-3)16-12(21-14)11-15-8-5-4-7(17)6-9(8)20-11/h4-6,10,17H,1-3H3/t10-/m0/s1. The van der Waals surface area contributed by atoms with Crippen molar-refractivity contribution in [3.05, 3.63) is 23.2 Å². The van der Waals surface area contributed by atoms with Crippen molar-refractivity contribution in [2.24, 2.45) is 4.99 Å². The lowest BCUT2D eigenvalue weighted by molar-refractivity contribution is -0.142. The number of rotatable bonds is 2. The third-order valence-corrected chi connectivity index (χ3v) is 5.64. The van der Waals surface area contributed by atoms with Crippen LogP contribution in [-0.4, -0.2) is 39.0 Å². The zero-order chi connectivity index (χ0) is 15.2. The molecule has 7 heteroatoms. The van der Waals surface area contributed by atoms with E-state index in [0.29, 0.717) is 0 Å². The van der Waals surface area contributed by atoms with E-state index in [0.717, 1.165) is 20.3 Å². The van der Waals surface area contributed by atoms with Crippen molar-refractivity contribution in [3.63, 3.8) is 0 Å². The van der Waals surface area contributed by atoms with Crippen molar-refractivity contribution in [2.45, 2.75) is 24.6 Å². The molecule has 0 bridgehead atoms. The minimum absolute atomic E-state index is 0.214. The molecular formula is C14H14N2O3S2. The van der Waals surface area contributed by atoms with E-state index in [1.165, 1.54) is 30.2 Å². The maximum atomic E-state index is 11.8. The Morgan fingerprint density at radius 3 is 2.90 bits per heavy atom. The lowest BCUT2D eigenvalue weighted by Gasteiger charge is -2.21. The van der Waals surface area contributed by atoms with Gasteiger partial charge in [-0.3, -0.25) is 4.99 Å². The van der Waals surface area contributed by atoms with Crippen LogP contribution in [0.15, 0.2) is 23.2 Å². The number of thioether (sulfide) groups is 1. The number of nitrogens with zero attached hydrogens (tertiary/aromatic N) is 2. The van der Waals surface area contributed by atoms with Gasteiger partial charge in [0, 0.05) is 4.75 Å². The maximum Gasteiger partial charge on any atom is 0.332 e. The predicted octanol–water partition coefficient (Wildman–Crippen LogP) is 2.82. The van der Waals surface area contributed by atoms with Crippen molar-refractivity contribution in [1.29, 1.82) is 0 Å². The Labute approximate surface area is 130 Å². The molecule has 1 aromatic heterocycles. The lowest BCUT2D eigenvalue weighted by atomic mass is 10.0. The van der Waals surface area contributed by atoms with E-state index in [2.05, 4.69) is 9.98 Å². The van der Waals surface area contributed by atoms with Crippen LogP contribution in [0.25, 0.3) is 10.2 Å². The van der Waals surface area contributed by atoms with E-state index >= 15 is 0 Å². The summed E-state index contributed by atoms with van der Waals surface area (Å²) in [6, 6.07) is 4.53. The van der Waals surface area contributed by atoms with E-state index in [1.54, 1.807) is 18.2 Å². The Morgan fingerprint density at radius 1 is 1.43 bits per heavy atom. The number of ether oxygens (including phenoxy) is 1. The molecule has 0 spiro atoms. The van der Waals surface area contributed by atoms with Crippen LogP contribution in [0.4, 0.5) is 0 Å². The summed E-state index contributed by atoms with van der Waals surface area (Å²) in [5.74, 6) is -0.118. The van der Waals surface area contributed by atoms with Gasteiger partial charge < -0.3 is 9.84 Å². The average Bonchev–Trinajstić information content (AvgIpc) is 2.97. The number of carbonyl (C=O) groups excluding carboxylic acids is 1. The maximum absolute atomic E-state index is 11.8. The number of benzene rings is 1. The van der Waals surface area contributed by atoms with Gasteiger partial charge in [-0.25, -0.2) is 9.78 Å². The fraction of sp³-hybridized carbons (Fsp3) is 0.357. The van der Waals surface area contributed by atoms with E-state index in [4.69, 9.17) is 4.74 Å². The van der Waals surface area contributed by atoms with Crippen LogP contribution >= 0.6 is 23.1 Å². The van der Waals surface area contributed by atoms with Crippen molar-refractivity contribution >= 4 is 44.3 Å². The quantitative estimate of drug-likeness (QED) is 0.861. The molecule has 5 nitrogen and oxygen atoms in total. The summed E-state index contributed by atoms with van der Waals surface area (Å²) in [6.07, 6.45) is 0. The fourth-order valence-electron chi connectivity index (χ4n) is 2.16. The molecule has 2 heterocycles. The monoisotopic (exact) mass is 322 g/mol. The Kier molecular flexibility index (Phi) is 3.41. The van der Waals surface area contributed by atoms with Crippen LogP contribution in [0.1, 0.15) is 18.9 Å². The van der Waals surface area contributed by atoms with Crippen LogP contribution in [0.3, 0.4) is 0 Å². The highest BCUT2D eigenvalue weighted by atomic mass is 32.2. The second kappa shape index (κ2) is 4.99. The largest absolute Gasteiger partial charge is 0.508 e. The van der Waals surface area contributed by atoms with E-state index < -0.39 is 6.04 Å². The SMILES string of the molecule is COC(=O)[C@@H]1N=C(c2nc3ccc(O)cc3s2)SC1(C)C. The van der Waals surface area contributed by atoms with Gasteiger partial charge in [0.15, 0.2) is 6.04 Å². The number of esters is 1. The zero-order valence-corrected chi connectivity index (χ0v) is 13.4. The van der Waals surface area contributed by atoms with Crippen molar-refractivity contribution in [3.8, 4) is 5.75 Å². The minimum Gasteiger partial charge on any atom is -0.508 e. The second-order valence-electron chi connectivity index (χ2n) is 5.24. The summed E-state index contributed by atoms with van der Waals surface area (Å²) in [7, 11) is 1.37. The Bertz CT molecular complexity index is 752. The molecule has 1 aliphatic rings. The van der Waals surface area contributed by atoms with Crippen LogP contribution in [0.2, 0.25) is 0 Å². The average molecular weight is 322 g/mol. The second-order valence-corrected chi connectivity index (χ2v) is 7.91. The molecule has 0 fully saturated rings. The number of phenolic OH excluding ortho intramolecular Hbond substituents is 1. The summed E-state index contributed by atoms with van der Waals surface area (Å²) >= 11 is 2.98. The molecule has 0 radical (unpaired) electrons. The summed E-state index contributed by atoms with van der Waals surface area (Å²) < 4.78 is 5.36. The summed E-state index contributed by atoms with van der Waals surface area (Å²) in [5.41, 5.74) is 0.815. The number of carbonyl (C=O) groups is 1. The van der Waals surface area contributed by atoms with Crippen LogP contribution in [0.5, 0.6) is 5.75 Å². The lowest BCUT2D eigenvalue weighted by Crippen LogP contribution is -2.35. The predicted molar refractivity (Wildman–Crippen MR) is 85.3 cm³/mol. The summed E-state index contributed by atoms with van der Waals surface area (Å²) in [6.45, 7) is 3.93. The van der Waals surface area contributed by atoms with Gasteiger partial charge in [0.05, 0.1) is 17.3 Å². The molecule has 0 saturated carbocycles. The number of fused-ring (bicyclic) bond motifs is 1. The van der Waals surface area contributed by atoms with Gasteiger partial charge in [-0.1, -0.05) is 11.8 Å². The van der Waals surface area contributed by atoms with Gasteiger partial charge >= 0.3 is 5.97 Å². The number of aromatic hydroxyl groups is 1. The molecule has 1 atom stereocenters. The topological polar surface area (TPSA) is 71.8 Å². The van der Waals surface area contributed by atoms with Crippen molar-refractivity contribution in [1.82, 2.24) is 4.98 Å². The number of aliphatic imine (C=N–C) groups is 1. The molecule has 0 amide bonds. The first-order valence-electron chi connectivity index (χ1n) is 6.35. The number of aromatic nitrogens is 1. The van der Waals surface area contributed by atoms with Gasteiger partial charge in [0.2, 0.25) is 0 Å². The molecule has 1 aromatic carbocycles. The molecule has 3 rings (SSSR count). The Morgan fingerprint density at radius 2 is 2.19 bits per heavy atom. The molecular weight excluding hydrogens is 308 g/mol. The number of methoxy groups -OCH3 is 1. The Balaban J connectivity index is 2.01. The number of hydrogen-bond acceptors (Lipinski definition) is 7. The zero-order valence-electron chi connectivity index (χ0n) is 11.8. The smallest absolute Gasteiger partial charge is 0.332 e. The number of thiazole rings is 1. The third kappa shape index (κ3) is 2.51. The highest BCUT2D eigenvalue weighted by Crippen LogP contribution is 2.41. The fourth-order valence-corrected chi connectivity index (χ4v) is 4.35. The van der Waals surface area contributed by atoms with Gasteiger partial charge in [0.25, 0.3) is 0 Å². The normalized spacial score (nSPS) is 20.5. The molecule has 1 aliphatic heterocycles. The van der Waals surface area contributed by atoms with Crippen molar-refractivity contribution in [2.75, 3.05) is 7.11 Å². The van der Waals surface area contributed by atoms with Crippen LogP contribution in [0, 0.1) is 0 Å².